The van der Waals surface area contributed by atoms with Gasteiger partial charge in [0.2, 0.25) is 0 Å². The standard InChI is InChI=1S/C12H19N5/c1-3-15-12(9-5-6-9)10-11(14-7-13-10)17(4-2)8-16-12/h7-9,15H,3-6H2,1-2H3,(H,13,14). The van der Waals surface area contributed by atoms with Crippen molar-refractivity contribution >= 4 is 12.2 Å². The summed E-state index contributed by atoms with van der Waals surface area (Å²) in [6.45, 7) is 6.05. The van der Waals surface area contributed by atoms with Crippen LogP contribution in [-0.4, -0.2) is 29.4 Å². The van der Waals surface area contributed by atoms with Crippen LogP contribution < -0.4 is 10.2 Å². The fourth-order valence-corrected chi connectivity index (χ4v) is 2.66. The van der Waals surface area contributed by atoms with Gasteiger partial charge in [0.15, 0.2) is 11.5 Å². The Kier molecular flexibility index (Phi) is 2.43. The summed E-state index contributed by atoms with van der Waals surface area (Å²) < 4.78 is 0. The Morgan fingerprint density at radius 3 is 3.00 bits per heavy atom. The quantitative estimate of drug-likeness (QED) is 0.827. The zero-order valence-corrected chi connectivity index (χ0v) is 10.4. The molecule has 1 atom stereocenters. The van der Waals surface area contributed by atoms with Gasteiger partial charge in [-0.3, -0.25) is 5.32 Å². The first-order valence-electron chi connectivity index (χ1n) is 6.42. The highest BCUT2D eigenvalue weighted by Crippen LogP contribution is 2.49. The predicted molar refractivity (Wildman–Crippen MR) is 68.2 cm³/mol. The first kappa shape index (κ1) is 10.8. The SMILES string of the molecule is CCNC1(C2CC2)N=CN(CC)c2nc[nH]c21. The number of aliphatic imine (C=N–C) groups is 1. The maximum Gasteiger partial charge on any atom is 0.159 e. The lowest BCUT2D eigenvalue weighted by Gasteiger charge is -2.36. The molecule has 0 radical (unpaired) electrons. The Balaban J connectivity index is 2.06. The van der Waals surface area contributed by atoms with Crippen molar-refractivity contribution in [3.05, 3.63) is 12.0 Å². The molecule has 0 spiro atoms. The van der Waals surface area contributed by atoms with Crippen molar-refractivity contribution < 1.29 is 0 Å². The van der Waals surface area contributed by atoms with Crippen molar-refractivity contribution in [1.82, 2.24) is 15.3 Å². The van der Waals surface area contributed by atoms with Crippen molar-refractivity contribution in [2.24, 2.45) is 10.9 Å². The molecule has 3 rings (SSSR count). The third-order valence-electron chi connectivity index (χ3n) is 3.63. The molecule has 1 aliphatic carbocycles. The van der Waals surface area contributed by atoms with E-state index in [1.54, 1.807) is 6.33 Å². The van der Waals surface area contributed by atoms with E-state index in [2.05, 4.69) is 34.0 Å². The van der Waals surface area contributed by atoms with Crippen LogP contribution in [0.15, 0.2) is 11.3 Å². The Bertz CT molecular complexity index is 434. The van der Waals surface area contributed by atoms with Crippen LogP contribution in [0.3, 0.4) is 0 Å². The van der Waals surface area contributed by atoms with Crippen LogP contribution in [0.1, 0.15) is 32.4 Å². The number of fused-ring (bicyclic) bond motifs is 1. The van der Waals surface area contributed by atoms with Gasteiger partial charge >= 0.3 is 0 Å². The number of hydrogen-bond acceptors (Lipinski definition) is 4. The van der Waals surface area contributed by atoms with Gasteiger partial charge in [-0.15, -0.1) is 0 Å². The number of nitrogens with zero attached hydrogens (tertiary/aromatic N) is 3. The summed E-state index contributed by atoms with van der Waals surface area (Å²) in [5.41, 5.74) is 0.873. The molecule has 1 aromatic heterocycles. The van der Waals surface area contributed by atoms with Gasteiger partial charge in [-0.25, -0.2) is 9.98 Å². The number of aromatic nitrogens is 2. The summed E-state index contributed by atoms with van der Waals surface area (Å²) in [4.78, 5) is 14.6. The lowest BCUT2D eigenvalue weighted by atomic mass is 9.98. The average molecular weight is 233 g/mol. The van der Waals surface area contributed by atoms with Crippen LogP contribution in [0.5, 0.6) is 0 Å². The van der Waals surface area contributed by atoms with Crippen molar-refractivity contribution in [2.75, 3.05) is 18.0 Å². The lowest BCUT2D eigenvalue weighted by Crippen LogP contribution is -2.47. The van der Waals surface area contributed by atoms with Crippen LogP contribution in [0, 0.1) is 5.92 Å². The average Bonchev–Trinajstić information content (AvgIpc) is 3.08. The Morgan fingerprint density at radius 2 is 2.35 bits per heavy atom. The van der Waals surface area contributed by atoms with Gasteiger partial charge < -0.3 is 9.88 Å². The van der Waals surface area contributed by atoms with E-state index < -0.39 is 0 Å². The molecule has 0 aromatic carbocycles. The predicted octanol–water partition coefficient (Wildman–Crippen LogP) is 1.45. The summed E-state index contributed by atoms with van der Waals surface area (Å²) in [6.07, 6.45) is 6.20. The Labute approximate surface area is 101 Å². The van der Waals surface area contributed by atoms with Gasteiger partial charge in [-0.2, -0.15) is 0 Å². The third-order valence-corrected chi connectivity index (χ3v) is 3.63. The van der Waals surface area contributed by atoms with E-state index in [1.165, 1.54) is 12.8 Å². The molecule has 5 heteroatoms. The number of imidazole rings is 1. The van der Waals surface area contributed by atoms with E-state index >= 15 is 0 Å². The van der Waals surface area contributed by atoms with Crippen LogP contribution in [0.4, 0.5) is 5.82 Å². The molecule has 2 heterocycles. The van der Waals surface area contributed by atoms with Crippen LogP contribution >= 0.6 is 0 Å². The molecule has 1 saturated carbocycles. The first-order valence-corrected chi connectivity index (χ1v) is 6.42. The van der Waals surface area contributed by atoms with E-state index in [4.69, 9.17) is 4.99 Å². The molecular formula is C12H19N5. The molecule has 1 unspecified atom stereocenters. The second kappa shape index (κ2) is 3.84. The smallest absolute Gasteiger partial charge is 0.159 e. The van der Waals surface area contributed by atoms with Gasteiger partial charge in [0.25, 0.3) is 0 Å². The Morgan fingerprint density at radius 1 is 1.53 bits per heavy atom. The molecule has 2 N–H and O–H groups in total. The highest BCUT2D eigenvalue weighted by atomic mass is 15.3. The van der Waals surface area contributed by atoms with E-state index in [1.807, 2.05) is 6.34 Å². The minimum Gasteiger partial charge on any atom is -0.343 e. The monoisotopic (exact) mass is 233 g/mol. The van der Waals surface area contributed by atoms with Crippen molar-refractivity contribution in [1.29, 1.82) is 0 Å². The van der Waals surface area contributed by atoms with Gasteiger partial charge in [0.05, 0.1) is 12.7 Å². The molecule has 5 nitrogen and oxygen atoms in total. The molecule has 1 aliphatic heterocycles. The second-order valence-electron chi connectivity index (χ2n) is 4.70. The van der Waals surface area contributed by atoms with Gasteiger partial charge in [-0.1, -0.05) is 6.92 Å². The van der Waals surface area contributed by atoms with E-state index in [0.29, 0.717) is 5.92 Å². The minimum atomic E-state index is -0.258. The highest BCUT2D eigenvalue weighted by molar-refractivity contribution is 5.81. The summed E-state index contributed by atoms with van der Waals surface area (Å²) in [5, 5.41) is 3.55. The largest absolute Gasteiger partial charge is 0.343 e. The highest BCUT2D eigenvalue weighted by Gasteiger charge is 2.50. The maximum atomic E-state index is 4.80. The number of hydrogen-bond donors (Lipinski definition) is 2. The zero-order valence-electron chi connectivity index (χ0n) is 10.4. The van der Waals surface area contributed by atoms with Crippen molar-refractivity contribution in [3.8, 4) is 0 Å². The van der Waals surface area contributed by atoms with Gasteiger partial charge in [0, 0.05) is 12.5 Å². The first-order chi connectivity index (χ1) is 8.31. The second-order valence-corrected chi connectivity index (χ2v) is 4.70. The lowest BCUT2D eigenvalue weighted by molar-refractivity contribution is 0.299. The number of anilines is 1. The fraction of sp³-hybridized carbons (Fsp3) is 0.667. The molecule has 0 amide bonds. The minimum absolute atomic E-state index is 0.258. The third kappa shape index (κ3) is 1.49. The summed E-state index contributed by atoms with van der Waals surface area (Å²) in [7, 11) is 0. The normalized spacial score (nSPS) is 27.3. The molecule has 1 aromatic rings. The summed E-state index contributed by atoms with van der Waals surface area (Å²) >= 11 is 0. The number of H-pyrrole nitrogens is 1. The van der Waals surface area contributed by atoms with Crippen molar-refractivity contribution in [2.45, 2.75) is 32.4 Å². The number of aromatic amines is 1. The van der Waals surface area contributed by atoms with Crippen LogP contribution in [0.25, 0.3) is 0 Å². The molecule has 1 fully saturated rings. The van der Waals surface area contributed by atoms with E-state index in [9.17, 15) is 0 Å². The number of rotatable bonds is 4. The van der Waals surface area contributed by atoms with E-state index in [-0.39, 0.29) is 5.66 Å². The molecule has 0 saturated heterocycles. The summed E-state index contributed by atoms with van der Waals surface area (Å²) in [6, 6.07) is 0. The Hall–Kier alpha value is -1.36. The van der Waals surface area contributed by atoms with E-state index in [0.717, 1.165) is 24.6 Å². The van der Waals surface area contributed by atoms with Gasteiger partial charge in [-0.05, 0) is 26.3 Å². The molecule has 92 valence electrons. The zero-order chi connectivity index (χ0) is 11.9. The molecule has 17 heavy (non-hydrogen) atoms. The fourth-order valence-electron chi connectivity index (χ4n) is 2.66. The summed E-state index contributed by atoms with van der Waals surface area (Å²) in [5.74, 6) is 1.63. The molecule has 2 aliphatic rings. The van der Waals surface area contributed by atoms with Crippen LogP contribution in [0.2, 0.25) is 0 Å². The van der Waals surface area contributed by atoms with Gasteiger partial charge in [0.1, 0.15) is 5.69 Å². The number of nitrogens with one attached hydrogen (secondary N) is 2. The molecule has 0 bridgehead atoms. The molecular weight excluding hydrogens is 214 g/mol. The maximum absolute atomic E-state index is 4.80. The topological polar surface area (TPSA) is 56.3 Å². The van der Waals surface area contributed by atoms with Crippen LogP contribution in [-0.2, 0) is 5.66 Å². The van der Waals surface area contributed by atoms with Crippen molar-refractivity contribution in [3.63, 3.8) is 0 Å².